The van der Waals surface area contributed by atoms with Crippen molar-refractivity contribution in [2.45, 2.75) is 32.7 Å². The smallest absolute Gasteiger partial charge is 0.287 e. The van der Waals surface area contributed by atoms with Crippen LogP contribution in [-0.4, -0.2) is 15.5 Å². The summed E-state index contributed by atoms with van der Waals surface area (Å²) in [7, 11) is 1.89. The van der Waals surface area contributed by atoms with Crippen molar-refractivity contribution in [1.29, 1.82) is 0 Å². The molecule has 0 saturated carbocycles. The highest BCUT2D eigenvalue weighted by Crippen LogP contribution is 2.28. The second-order valence-corrected chi connectivity index (χ2v) is 5.88. The highest BCUT2D eigenvalue weighted by molar-refractivity contribution is 5.99. The lowest BCUT2D eigenvalue weighted by Gasteiger charge is -2.17. The van der Waals surface area contributed by atoms with Crippen LogP contribution in [0.3, 0.4) is 0 Å². The van der Waals surface area contributed by atoms with Crippen LogP contribution in [0.25, 0.3) is 11.0 Å². The highest BCUT2D eigenvalue weighted by atomic mass is 19.1. The van der Waals surface area contributed by atoms with Crippen LogP contribution in [0.1, 0.15) is 47.7 Å². The number of aromatic nitrogens is 2. The predicted octanol–water partition coefficient (Wildman–Crippen LogP) is 3.89. The van der Waals surface area contributed by atoms with E-state index >= 15 is 0 Å². The Morgan fingerprint density at radius 1 is 1.46 bits per heavy atom. The summed E-state index contributed by atoms with van der Waals surface area (Å²) in [6.45, 7) is 3.81. The molecule has 3 aromatic rings. The summed E-state index contributed by atoms with van der Waals surface area (Å²) < 4.78 is 21.2. The van der Waals surface area contributed by atoms with Crippen LogP contribution < -0.4 is 5.32 Å². The Morgan fingerprint density at radius 2 is 2.25 bits per heavy atom. The Balaban J connectivity index is 1.92. The van der Waals surface area contributed by atoms with Crippen molar-refractivity contribution in [3.63, 3.8) is 0 Å². The molecule has 1 amide bonds. The number of imidazole rings is 1. The molecule has 126 valence electrons. The molecule has 0 saturated heterocycles. The van der Waals surface area contributed by atoms with Gasteiger partial charge in [-0.05, 0) is 19.4 Å². The minimum atomic E-state index is -0.469. The predicted molar refractivity (Wildman–Crippen MR) is 89.2 cm³/mol. The molecule has 1 atom stereocenters. The normalized spacial score (nSPS) is 12.5. The zero-order chi connectivity index (χ0) is 17.3. The van der Waals surface area contributed by atoms with Gasteiger partial charge < -0.3 is 14.3 Å². The molecule has 0 radical (unpaired) electrons. The summed E-state index contributed by atoms with van der Waals surface area (Å²) in [6.07, 6.45) is 5.19. The lowest BCUT2D eigenvalue weighted by molar-refractivity contribution is 0.0905. The third-order valence-corrected chi connectivity index (χ3v) is 4.17. The molecular formula is C18H20FN3O2. The van der Waals surface area contributed by atoms with E-state index in [-0.39, 0.29) is 23.3 Å². The van der Waals surface area contributed by atoms with Crippen molar-refractivity contribution in [2.75, 3.05) is 0 Å². The van der Waals surface area contributed by atoms with Crippen LogP contribution >= 0.6 is 0 Å². The second-order valence-electron chi connectivity index (χ2n) is 5.88. The molecule has 0 bridgehead atoms. The van der Waals surface area contributed by atoms with E-state index in [4.69, 9.17) is 4.42 Å². The van der Waals surface area contributed by atoms with Crippen LogP contribution in [-0.2, 0) is 7.05 Å². The number of para-hydroxylation sites is 1. The van der Waals surface area contributed by atoms with E-state index in [1.54, 1.807) is 25.3 Å². The van der Waals surface area contributed by atoms with Gasteiger partial charge in [0.1, 0.15) is 5.82 Å². The Hall–Kier alpha value is -2.63. The Bertz CT molecular complexity index is 882. The summed E-state index contributed by atoms with van der Waals surface area (Å²) in [6, 6.07) is 4.45. The fraction of sp³-hybridized carbons (Fsp3) is 0.333. The van der Waals surface area contributed by atoms with Gasteiger partial charge in [0.05, 0.1) is 6.04 Å². The van der Waals surface area contributed by atoms with Gasteiger partial charge in [-0.2, -0.15) is 0 Å². The molecule has 0 spiro atoms. The zero-order valence-corrected chi connectivity index (χ0v) is 14.0. The van der Waals surface area contributed by atoms with Gasteiger partial charge in [0, 0.05) is 30.4 Å². The first-order valence-corrected chi connectivity index (χ1v) is 7.98. The van der Waals surface area contributed by atoms with Crippen molar-refractivity contribution in [2.24, 2.45) is 7.05 Å². The van der Waals surface area contributed by atoms with Crippen LogP contribution in [0.4, 0.5) is 4.39 Å². The van der Waals surface area contributed by atoms with Gasteiger partial charge >= 0.3 is 0 Å². The number of furan rings is 1. The zero-order valence-electron chi connectivity index (χ0n) is 14.0. The van der Waals surface area contributed by atoms with Crippen molar-refractivity contribution in [3.8, 4) is 0 Å². The molecule has 2 heterocycles. The summed E-state index contributed by atoms with van der Waals surface area (Å²) in [5.41, 5.74) is 0.751. The average molecular weight is 329 g/mol. The lowest BCUT2D eigenvalue weighted by atomic mass is 10.1. The molecule has 0 fully saturated rings. The number of carbonyl (C=O) groups excluding carboxylic acids is 1. The molecule has 3 rings (SSSR count). The number of hydrogen-bond donors (Lipinski definition) is 1. The fourth-order valence-corrected chi connectivity index (χ4v) is 2.92. The average Bonchev–Trinajstić information content (AvgIpc) is 3.12. The van der Waals surface area contributed by atoms with Crippen LogP contribution in [0.2, 0.25) is 0 Å². The topological polar surface area (TPSA) is 60.1 Å². The number of carbonyl (C=O) groups is 1. The monoisotopic (exact) mass is 329 g/mol. The van der Waals surface area contributed by atoms with Gasteiger partial charge in [-0.15, -0.1) is 0 Å². The SMILES string of the molecule is CCC[C@@H](NC(=O)c1oc2c(F)cccc2c1C)c1nccn1C. The molecular weight excluding hydrogens is 309 g/mol. The Kier molecular flexibility index (Phi) is 4.38. The number of hydrogen-bond acceptors (Lipinski definition) is 3. The minimum absolute atomic E-state index is 0.115. The van der Waals surface area contributed by atoms with Crippen LogP contribution in [0.5, 0.6) is 0 Å². The molecule has 5 nitrogen and oxygen atoms in total. The number of fused-ring (bicyclic) bond motifs is 1. The molecule has 0 aliphatic rings. The van der Waals surface area contributed by atoms with Crippen LogP contribution in [0.15, 0.2) is 35.0 Å². The van der Waals surface area contributed by atoms with E-state index in [1.165, 1.54) is 6.07 Å². The van der Waals surface area contributed by atoms with Crippen molar-refractivity contribution < 1.29 is 13.6 Å². The van der Waals surface area contributed by atoms with Crippen LogP contribution in [0, 0.1) is 12.7 Å². The molecule has 0 aliphatic carbocycles. The number of nitrogens with one attached hydrogen (secondary N) is 1. The van der Waals surface area contributed by atoms with Crippen molar-refractivity contribution in [1.82, 2.24) is 14.9 Å². The number of nitrogens with zero attached hydrogens (tertiary/aromatic N) is 2. The summed E-state index contributed by atoms with van der Waals surface area (Å²) in [5.74, 6) is 0.101. The third-order valence-electron chi connectivity index (χ3n) is 4.17. The van der Waals surface area contributed by atoms with Gasteiger partial charge in [-0.1, -0.05) is 25.5 Å². The molecule has 1 aromatic carbocycles. The maximum absolute atomic E-state index is 13.9. The van der Waals surface area contributed by atoms with E-state index in [0.29, 0.717) is 10.9 Å². The van der Waals surface area contributed by atoms with Gasteiger partial charge in [-0.3, -0.25) is 4.79 Å². The first kappa shape index (κ1) is 16.2. The van der Waals surface area contributed by atoms with Crippen molar-refractivity contribution in [3.05, 3.63) is 53.6 Å². The molecule has 0 unspecified atom stereocenters. The number of benzene rings is 1. The Morgan fingerprint density at radius 3 is 2.88 bits per heavy atom. The standard InChI is InChI=1S/C18H20FN3O2/c1-4-6-14(17-20-9-10-22(17)3)21-18(23)15-11(2)12-7-5-8-13(19)16(12)24-15/h5,7-10,14H,4,6H2,1-3H3,(H,21,23)/t14-/m1/s1. The van der Waals surface area contributed by atoms with E-state index < -0.39 is 5.82 Å². The number of rotatable bonds is 5. The summed E-state index contributed by atoms with van der Waals surface area (Å²) in [5, 5.41) is 3.58. The maximum Gasteiger partial charge on any atom is 0.287 e. The number of halogens is 1. The van der Waals surface area contributed by atoms with Gasteiger partial charge in [0.2, 0.25) is 0 Å². The van der Waals surface area contributed by atoms with E-state index in [9.17, 15) is 9.18 Å². The largest absolute Gasteiger partial charge is 0.448 e. The summed E-state index contributed by atoms with van der Waals surface area (Å²) >= 11 is 0. The van der Waals surface area contributed by atoms with Crippen molar-refractivity contribution >= 4 is 16.9 Å². The summed E-state index contributed by atoms with van der Waals surface area (Å²) in [4.78, 5) is 17.0. The Labute approximate surface area is 139 Å². The maximum atomic E-state index is 13.9. The van der Waals surface area contributed by atoms with E-state index in [2.05, 4.69) is 10.3 Å². The molecule has 6 heteroatoms. The van der Waals surface area contributed by atoms with Gasteiger partial charge in [-0.25, -0.2) is 9.37 Å². The van der Waals surface area contributed by atoms with Gasteiger partial charge in [0.25, 0.3) is 5.91 Å². The molecule has 1 N–H and O–H groups in total. The molecule has 24 heavy (non-hydrogen) atoms. The quantitative estimate of drug-likeness (QED) is 0.772. The number of aryl methyl sites for hydroxylation is 2. The fourth-order valence-electron chi connectivity index (χ4n) is 2.92. The molecule has 0 aliphatic heterocycles. The first-order chi connectivity index (χ1) is 11.5. The van der Waals surface area contributed by atoms with E-state index in [1.807, 2.05) is 24.7 Å². The lowest BCUT2D eigenvalue weighted by Crippen LogP contribution is -2.30. The molecule has 2 aromatic heterocycles. The van der Waals surface area contributed by atoms with Gasteiger partial charge in [0.15, 0.2) is 17.2 Å². The minimum Gasteiger partial charge on any atom is -0.448 e. The third kappa shape index (κ3) is 2.79. The highest BCUT2D eigenvalue weighted by Gasteiger charge is 2.24. The van der Waals surface area contributed by atoms with E-state index in [0.717, 1.165) is 18.7 Å². The first-order valence-electron chi connectivity index (χ1n) is 7.98. The number of amides is 1. The second kappa shape index (κ2) is 6.47.